The first kappa shape index (κ1) is 20.9. The summed E-state index contributed by atoms with van der Waals surface area (Å²) in [6.07, 6.45) is 0. The second-order valence-corrected chi connectivity index (χ2v) is 7.71. The molecule has 0 atom stereocenters. The monoisotopic (exact) mass is 420 g/mol. The molecule has 31 heavy (non-hydrogen) atoms. The second-order valence-electron chi connectivity index (χ2n) is 7.71. The van der Waals surface area contributed by atoms with E-state index in [1.54, 1.807) is 17.0 Å². The minimum Gasteiger partial charge on any atom is -0.481 e. The fourth-order valence-corrected chi connectivity index (χ4v) is 3.80. The Hall–Kier alpha value is -3.38. The van der Waals surface area contributed by atoms with Crippen molar-refractivity contribution in [1.29, 1.82) is 0 Å². The van der Waals surface area contributed by atoms with E-state index < -0.39 is 5.82 Å². The molecule has 0 bridgehead atoms. The summed E-state index contributed by atoms with van der Waals surface area (Å²) in [7, 11) is 0. The third-order valence-electron chi connectivity index (χ3n) is 5.48. The molecule has 1 fully saturated rings. The van der Waals surface area contributed by atoms with Crippen LogP contribution in [0.25, 0.3) is 0 Å². The lowest BCUT2D eigenvalue weighted by molar-refractivity contribution is -0.914. The van der Waals surface area contributed by atoms with Gasteiger partial charge in [0, 0.05) is 16.9 Å². The van der Waals surface area contributed by atoms with E-state index in [9.17, 15) is 9.18 Å². The quantitative estimate of drug-likeness (QED) is 0.618. The average molecular weight is 421 g/mol. The van der Waals surface area contributed by atoms with Gasteiger partial charge in [0.15, 0.2) is 18.2 Å². The van der Waals surface area contributed by atoms with Crippen molar-refractivity contribution in [3.05, 3.63) is 90.2 Å². The summed E-state index contributed by atoms with van der Waals surface area (Å²) >= 11 is 0. The van der Waals surface area contributed by atoms with Crippen LogP contribution in [0.5, 0.6) is 5.75 Å². The van der Waals surface area contributed by atoms with Crippen molar-refractivity contribution < 1.29 is 18.8 Å². The molecule has 1 aliphatic heterocycles. The molecule has 0 spiro atoms. The van der Waals surface area contributed by atoms with Gasteiger partial charge in [0.1, 0.15) is 6.54 Å². The van der Waals surface area contributed by atoms with Gasteiger partial charge in [0.2, 0.25) is 0 Å². The predicted molar refractivity (Wildman–Crippen MR) is 120 cm³/mol. The topological polar surface area (TPSA) is 46.0 Å². The number of carbonyl (C=O) groups excluding carboxylic acids is 1. The van der Waals surface area contributed by atoms with Crippen LogP contribution in [0.15, 0.2) is 78.9 Å². The molecule has 1 saturated heterocycles. The Bertz CT molecular complexity index is 987. The van der Waals surface area contributed by atoms with E-state index in [1.165, 1.54) is 17.7 Å². The zero-order valence-electron chi connectivity index (χ0n) is 17.4. The normalized spacial score (nSPS) is 14.3. The van der Waals surface area contributed by atoms with Gasteiger partial charge in [-0.15, -0.1) is 0 Å². The molecule has 6 heteroatoms. The molecule has 1 amide bonds. The summed E-state index contributed by atoms with van der Waals surface area (Å²) in [6, 6.07) is 24.5. The van der Waals surface area contributed by atoms with E-state index in [2.05, 4.69) is 40.5 Å². The van der Waals surface area contributed by atoms with Crippen LogP contribution in [0.4, 0.5) is 15.8 Å². The molecule has 0 unspecified atom stereocenters. The number of hydrogen-bond acceptors (Lipinski definition) is 3. The van der Waals surface area contributed by atoms with Gasteiger partial charge in [0.25, 0.3) is 5.91 Å². The van der Waals surface area contributed by atoms with Crippen LogP contribution in [-0.2, 0) is 11.3 Å². The molecule has 1 heterocycles. The highest BCUT2D eigenvalue weighted by molar-refractivity contribution is 5.92. The molecule has 0 aliphatic carbocycles. The van der Waals surface area contributed by atoms with Crippen LogP contribution in [0, 0.1) is 5.82 Å². The number of ether oxygens (including phenoxy) is 1. The first-order valence-corrected chi connectivity index (χ1v) is 10.6. The molecule has 0 radical (unpaired) electrons. The van der Waals surface area contributed by atoms with Crippen LogP contribution in [0.2, 0.25) is 0 Å². The SMILES string of the molecule is O=C(COc1ccccc1F)Nc1ccc(N2CC[NH+](Cc3ccccc3)CC2)cc1. The Kier molecular flexibility index (Phi) is 6.79. The molecule has 0 aromatic heterocycles. The zero-order valence-corrected chi connectivity index (χ0v) is 17.4. The van der Waals surface area contributed by atoms with Crippen LogP contribution in [0.3, 0.4) is 0 Å². The third-order valence-corrected chi connectivity index (χ3v) is 5.48. The number of quaternary nitrogens is 1. The number of halogens is 1. The number of nitrogens with one attached hydrogen (secondary N) is 2. The Labute approximate surface area is 182 Å². The maximum absolute atomic E-state index is 13.6. The zero-order chi connectivity index (χ0) is 21.5. The summed E-state index contributed by atoms with van der Waals surface area (Å²) in [5.41, 5.74) is 3.23. The lowest BCUT2D eigenvalue weighted by Gasteiger charge is -2.33. The maximum Gasteiger partial charge on any atom is 0.262 e. The Balaban J connectivity index is 1.24. The molecule has 2 N–H and O–H groups in total. The number of hydrogen-bond donors (Lipinski definition) is 2. The summed E-state index contributed by atoms with van der Waals surface area (Å²) < 4.78 is 18.8. The highest BCUT2D eigenvalue weighted by Crippen LogP contribution is 2.19. The second kappa shape index (κ2) is 10.1. The van der Waals surface area contributed by atoms with Crippen molar-refractivity contribution in [3.63, 3.8) is 0 Å². The Morgan fingerprint density at radius 1 is 0.935 bits per heavy atom. The summed E-state index contributed by atoms with van der Waals surface area (Å²) in [6.45, 7) is 5.03. The molecule has 160 valence electrons. The van der Waals surface area contributed by atoms with E-state index in [0.29, 0.717) is 5.69 Å². The molecule has 1 aliphatic rings. The van der Waals surface area contributed by atoms with Gasteiger partial charge >= 0.3 is 0 Å². The lowest BCUT2D eigenvalue weighted by Crippen LogP contribution is -3.13. The summed E-state index contributed by atoms with van der Waals surface area (Å²) in [5.74, 6) is -0.735. The number of amides is 1. The van der Waals surface area contributed by atoms with E-state index >= 15 is 0 Å². The van der Waals surface area contributed by atoms with Crippen LogP contribution in [0.1, 0.15) is 5.56 Å². The standard InChI is InChI=1S/C25H26FN3O2/c26-23-8-4-5-9-24(23)31-19-25(30)27-21-10-12-22(13-11-21)29-16-14-28(15-17-29)18-20-6-2-1-3-7-20/h1-13H,14-19H2,(H,27,30)/p+1. The highest BCUT2D eigenvalue weighted by atomic mass is 19.1. The molecule has 5 nitrogen and oxygen atoms in total. The van der Waals surface area contributed by atoms with Crippen molar-refractivity contribution in [2.75, 3.05) is 43.0 Å². The van der Waals surface area contributed by atoms with Crippen molar-refractivity contribution in [2.24, 2.45) is 0 Å². The molecule has 3 aromatic carbocycles. The van der Waals surface area contributed by atoms with Crippen molar-refractivity contribution in [1.82, 2.24) is 0 Å². The number of benzene rings is 3. The number of nitrogens with zero attached hydrogens (tertiary/aromatic N) is 1. The maximum atomic E-state index is 13.6. The van der Waals surface area contributed by atoms with Crippen molar-refractivity contribution in [3.8, 4) is 5.75 Å². The Morgan fingerprint density at radius 3 is 2.32 bits per heavy atom. The van der Waals surface area contributed by atoms with E-state index in [4.69, 9.17) is 4.74 Å². The molecular weight excluding hydrogens is 393 g/mol. The molecule has 3 aromatic rings. The number of anilines is 2. The van der Waals surface area contributed by atoms with E-state index in [0.717, 1.165) is 38.4 Å². The predicted octanol–water partition coefficient (Wildman–Crippen LogP) is 2.75. The minimum absolute atomic E-state index is 0.0709. The van der Waals surface area contributed by atoms with Gasteiger partial charge in [0.05, 0.1) is 26.2 Å². The van der Waals surface area contributed by atoms with Crippen molar-refractivity contribution in [2.45, 2.75) is 6.54 Å². The van der Waals surface area contributed by atoms with Gasteiger partial charge in [-0.25, -0.2) is 4.39 Å². The average Bonchev–Trinajstić information content (AvgIpc) is 2.80. The van der Waals surface area contributed by atoms with Crippen LogP contribution < -0.4 is 19.9 Å². The largest absolute Gasteiger partial charge is 0.481 e. The molecular formula is C25H27FN3O2+. The smallest absolute Gasteiger partial charge is 0.262 e. The highest BCUT2D eigenvalue weighted by Gasteiger charge is 2.20. The number of para-hydroxylation sites is 1. The fraction of sp³-hybridized carbons (Fsp3) is 0.240. The number of rotatable bonds is 7. The third kappa shape index (κ3) is 5.83. The van der Waals surface area contributed by atoms with E-state index in [1.807, 2.05) is 24.3 Å². The fourth-order valence-electron chi connectivity index (χ4n) is 3.80. The number of piperazine rings is 1. The van der Waals surface area contributed by atoms with Crippen LogP contribution >= 0.6 is 0 Å². The van der Waals surface area contributed by atoms with Gasteiger partial charge < -0.3 is 19.9 Å². The lowest BCUT2D eigenvalue weighted by atomic mass is 10.2. The number of carbonyl (C=O) groups is 1. The van der Waals surface area contributed by atoms with Crippen LogP contribution in [-0.4, -0.2) is 38.7 Å². The van der Waals surface area contributed by atoms with E-state index in [-0.39, 0.29) is 18.3 Å². The molecule has 4 rings (SSSR count). The minimum atomic E-state index is -0.481. The Morgan fingerprint density at radius 2 is 1.61 bits per heavy atom. The molecule has 0 saturated carbocycles. The summed E-state index contributed by atoms with van der Waals surface area (Å²) in [4.78, 5) is 16.1. The first-order chi connectivity index (χ1) is 15.2. The van der Waals surface area contributed by atoms with Crippen molar-refractivity contribution >= 4 is 17.3 Å². The van der Waals surface area contributed by atoms with Gasteiger partial charge in [-0.3, -0.25) is 4.79 Å². The first-order valence-electron chi connectivity index (χ1n) is 10.6. The van der Waals surface area contributed by atoms with Gasteiger partial charge in [-0.2, -0.15) is 0 Å². The summed E-state index contributed by atoms with van der Waals surface area (Å²) in [5, 5.41) is 2.79. The van der Waals surface area contributed by atoms with Gasteiger partial charge in [-0.05, 0) is 36.4 Å². The van der Waals surface area contributed by atoms with Gasteiger partial charge in [-0.1, -0.05) is 42.5 Å².